The molecule has 0 bridgehead atoms. The standard InChI is InChI=1S/C22H30N4O2/c1-17(2)10-11-23-21-9-8-18(16-24-21)22(27)26-14-12-25(13-15-26)19-6-4-5-7-20(19)28-3/h4-9,16-17H,10-15H2,1-3H3,(H,23,24). The number of piperazine rings is 1. The van der Waals surface area contributed by atoms with E-state index in [1.807, 2.05) is 35.2 Å². The Morgan fingerprint density at radius 1 is 1.14 bits per heavy atom. The van der Waals surface area contributed by atoms with Crippen LogP contribution in [0.1, 0.15) is 30.6 Å². The molecular formula is C22H30N4O2. The van der Waals surface area contributed by atoms with E-state index in [0.29, 0.717) is 24.6 Å². The second kappa shape index (κ2) is 9.44. The molecule has 1 fully saturated rings. The highest BCUT2D eigenvalue weighted by molar-refractivity contribution is 5.94. The highest BCUT2D eigenvalue weighted by atomic mass is 16.5. The van der Waals surface area contributed by atoms with Gasteiger partial charge in [0.05, 0.1) is 18.4 Å². The lowest BCUT2D eigenvalue weighted by Crippen LogP contribution is -2.48. The van der Waals surface area contributed by atoms with Crippen molar-refractivity contribution in [2.45, 2.75) is 20.3 Å². The summed E-state index contributed by atoms with van der Waals surface area (Å²) in [6.45, 7) is 8.23. The van der Waals surface area contributed by atoms with Crippen LogP contribution < -0.4 is 15.0 Å². The maximum absolute atomic E-state index is 12.8. The molecule has 3 rings (SSSR count). The van der Waals surface area contributed by atoms with E-state index in [0.717, 1.165) is 43.3 Å². The molecule has 0 unspecified atom stereocenters. The molecule has 1 aromatic heterocycles. The number of benzene rings is 1. The highest BCUT2D eigenvalue weighted by Gasteiger charge is 2.23. The van der Waals surface area contributed by atoms with E-state index < -0.39 is 0 Å². The van der Waals surface area contributed by atoms with Crippen LogP contribution in [0, 0.1) is 5.92 Å². The molecule has 0 spiro atoms. The van der Waals surface area contributed by atoms with Gasteiger partial charge in [-0.25, -0.2) is 4.98 Å². The number of methoxy groups -OCH3 is 1. The van der Waals surface area contributed by atoms with Gasteiger partial charge >= 0.3 is 0 Å². The number of nitrogens with zero attached hydrogens (tertiary/aromatic N) is 3. The maximum atomic E-state index is 12.8. The predicted molar refractivity (Wildman–Crippen MR) is 113 cm³/mol. The summed E-state index contributed by atoms with van der Waals surface area (Å²) in [4.78, 5) is 21.4. The number of para-hydroxylation sites is 2. The van der Waals surface area contributed by atoms with Crippen molar-refractivity contribution < 1.29 is 9.53 Å². The molecule has 1 saturated heterocycles. The summed E-state index contributed by atoms with van der Waals surface area (Å²) in [6, 6.07) is 11.8. The third-order valence-corrected chi connectivity index (χ3v) is 5.03. The molecule has 0 radical (unpaired) electrons. The van der Waals surface area contributed by atoms with E-state index in [2.05, 4.69) is 35.1 Å². The largest absolute Gasteiger partial charge is 0.495 e. The average molecular weight is 383 g/mol. The molecule has 1 aliphatic heterocycles. The normalized spacial score (nSPS) is 14.3. The molecule has 1 amide bonds. The van der Waals surface area contributed by atoms with Gasteiger partial charge in [-0.2, -0.15) is 0 Å². The molecule has 6 heteroatoms. The number of rotatable bonds is 7. The summed E-state index contributed by atoms with van der Waals surface area (Å²) in [5.74, 6) is 2.38. The Morgan fingerprint density at radius 2 is 1.89 bits per heavy atom. The third-order valence-electron chi connectivity index (χ3n) is 5.03. The number of hydrogen-bond donors (Lipinski definition) is 1. The lowest BCUT2D eigenvalue weighted by Gasteiger charge is -2.36. The van der Waals surface area contributed by atoms with Crippen molar-refractivity contribution in [1.82, 2.24) is 9.88 Å². The molecule has 1 N–H and O–H groups in total. The number of carbonyl (C=O) groups excluding carboxylic acids is 1. The number of hydrogen-bond acceptors (Lipinski definition) is 5. The third kappa shape index (κ3) is 4.94. The quantitative estimate of drug-likeness (QED) is 0.794. The van der Waals surface area contributed by atoms with E-state index in [-0.39, 0.29) is 5.91 Å². The zero-order valence-corrected chi connectivity index (χ0v) is 17.0. The van der Waals surface area contributed by atoms with Crippen LogP contribution in [-0.4, -0.2) is 55.6 Å². The van der Waals surface area contributed by atoms with Gasteiger partial charge in [0.2, 0.25) is 0 Å². The van der Waals surface area contributed by atoms with Crippen LogP contribution >= 0.6 is 0 Å². The fourth-order valence-corrected chi connectivity index (χ4v) is 3.34. The van der Waals surface area contributed by atoms with Crippen LogP contribution in [0.3, 0.4) is 0 Å². The van der Waals surface area contributed by atoms with Crippen LogP contribution in [0.15, 0.2) is 42.6 Å². The van der Waals surface area contributed by atoms with Crippen molar-refractivity contribution in [3.63, 3.8) is 0 Å². The minimum Gasteiger partial charge on any atom is -0.495 e. The Labute approximate surface area is 167 Å². The molecule has 0 aliphatic carbocycles. The SMILES string of the molecule is COc1ccccc1N1CCN(C(=O)c2ccc(NCCC(C)C)nc2)CC1. The summed E-state index contributed by atoms with van der Waals surface area (Å²) < 4.78 is 5.46. The first-order valence-electron chi connectivity index (χ1n) is 9.95. The first-order chi connectivity index (χ1) is 13.6. The van der Waals surface area contributed by atoms with Gasteiger partial charge in [0.15, 0.2) is 0 Å². The first-order valence-corrected chi connectivity index (χ1v) is 9.95. The van der Waals surface area contributed by atoms with Gasteiger partial charge < -0.3 is 19.9 Å². The lowest BCUT2D eigenvalue weighted by atomic mass is 10.1. The van der Waals surface area contributed by atoms with Crippen LogP contribution in [0.4, 0.5) is 11.5 Å². The fraction of sp³-hybridized carbons (Fsp3) is 0.455. The predicted octanol–water partition coefficient (Wildman–Crippen LogP) is 3.51. The Hall–Kier alpha value is -2.76. The zero-order chi connectivity index (χ0) is 19.9. The van der Waals surface area contributed by atoms with Crippen molar-refractivity contribution >= 4 is 17.4 Å². The highest BCUT2D eigenvalue weighted by Crippen LogP contribution is 2.28. The topological polar surface area (TPSA) is 57.7 Å². The molecular weight excluding hydrogens is 352 g/mol. The van der Waals surface area contributed by atoms with E-state index in [4.69, 9.17) is 4.74 Å². The minimum absolute atomic E-state index is 0.0425. The number of pyridine rings is 1. The number of ether oxygens (including phenoxy) is 1. The Bertz CT molecular complexity index is 768. The second-order valence-electron chi connectivity index (χ2n) is 7.49. The molecule has 1 aromatic carbocycles. The van der Waals surface area contributed by atoms with Crippen LogP contribution in [0.25, 0.3) is 0 Å². The Balaban J connectivity index is 1.55. The van der Waals surface area contributed by atoms with Crippen LogP contribution in [0.2, 0.25) is 0 Å². The molecule has 0 saturated carbocycles. The van der Waals surface area contributed by atoms with Crippen molar-refractivity contribution in [1.29, 1.82) is 0 Å². The fourth-order valence-electron chi connectivity index (χ4n) is 3.34. The molecule has 150 valence electrons. The van der Waals surface area contributed by atoms with Crippen molar-refractivity contribution in [2.24, 2.45) is 5.92 Å². The minimum atomic E-state index is 0.0425. The summed E-state index contributed by atoms with van der Waals surface area (Å²) >= 11 is 0. The molecule has 2 heterocycles. The Morgan fingerprint density at radius 3 is 2.54 bits per heavy atom. The van der Waals surface area contributed by atoms with Gasteiger partial charge in [0.25, 0.3) is 5.91 Å². The van der Waals surface area contributed by atoms with Crippen molar-refractivity contribution in [2.75, 3.05) is 50.1 Å². The van der Waals surface area contributed by atoms with E-state index in [9.17, 15) is 4.79 Å². The van der Waals surface area contributed by atoms with E-state index in [1.54, 1.807) is 13.3 Å². The number of amides is 1. The molecule has 28 heavy (non-hydrogen) atoms. The molecule has 1 aliphatic rings. The molecule has 0 atom stereocenters. The lowest BCUT2D eigenvalue weighted by molar-refractivity contribution is 0.0746. The van der Waals surface area contributed by atoms with Crippen molar-refractivity contribution in [3.8, 4) is 5.75 Å². The number of carbonyl (C=O) groups is 1. The first kappa shape index (κ1) is 20.0. The maximum Gasteiger partial charge on any atom is 0.255 e. The van der Waals surface area contributed by atoms with Crippen LogP contribution in [0.5, 0.6) is 5.75 Å². The smallest absolute Gasteiger partial charge is 0.255 e. The van der Waals surface area contributed by atoms with E-state index in [1.165, 1.54) is 0 Å². The number of anilines is 2. The number of nitrogens with one attached hydrogen (secondary N) is 1. The molecule has 6 nitrogen and oxygen atoms in total. The summed E-state index contributed by atoms with van der Waals surface area (Å²) in [5, 5.41) is 3.30. The molecule has 2 aromatic rings. The summed E-state index contributed by atoms with van der Waals surface area (Å²) in [6.07, 6.45) is 2.77. The zero-order valence-electron chi connectivity index (χ0n) is 17.0. The Kier molecular flexibility index (Phi) is 6.74. The summed E-state index contributed by atoms with van der Waals surface area (Å²) in [5.41, 5.74) is 1.72. The second-order valence-corrected chi connectivity index (χ2v) is 7.49. The average Bonchev–Trinajstić information content (AvgIpc) is 2.73. The van der Waals surface area contributed by atoms with Gasteiger partial charge in [0.1, 0.15) is 11.6 Å². The van der Waals surface area contributed by atoms with Crippen LogP contribution in [-0.2, 0) is 0 Å². The van der Waals surface area contributed by atoms with Crippen molar-refractivity contribution in [3.05, 3.63) is 48.2 Å². The monoisotopic (exact) mass is 382 g/mol. The van der Waals surface area contributed by atoms with Gasteiger partial charge in [0, 0.05) is 38.9 Å². The van der Waals surface area contributed by atoms with Gasteiger partial charge in [-0.15, -0.1) is 0 Å². The van der Waals surface area contributed by atoms with Gasteiger partial charge in [-0.05, 0) is 36.6 Å². The summed E-state index contributed by atoms with van der Waals surface area (Å²) in [7, 11) is 1.69. The number of aromatic nitrogens is 1. The van der Waals surface area contributed by atoms with Gasteiger partial charge in [-0.3, -0.25) is 4.79 Å². The van der Waals surface area contributed by atoms with E-state index >= 15 is 0 Å². The van der Waals surface area contributed by atoms with Gasteiger partial charge in [-0.1, -0.05) is 26.0 Å².